The number of fused-ring (bicyclic) bond motifs is 2. The largest absolute Gasteiger partial charge is 2.00 e. The van der Waals surface area contributed by atoms with Gasteiger partial charge in [-0.05, 0) is 63.0 Å². The summed E-state index contributed by atoms with van der Waals surface area (Å²) in [4.78, 5) is 0. The van der Waals surface area contributed by atoms with E-state index in [1.807, 2.05) is 72.8 Å². The van der Waals surface area contributed by atoms with E-state index in [0.29, 0.717) is 11.1 Å². The average molecular weight is 1030 g/mol. The molecule has 12 aromatic rings. The summed E-state index contributed by atoms with van der Waals surface area (Å²) >= 11 is 0. The fourth-order valence-corrected chi connectivity index (χ4v) is 20.5. The van der Waals surface area contributed by atoms with E-state index in [1.165, 1.54) is 0 Å². The molecule has 0 saturated carbocycles. The summed E-state index contributed by atoms with van der Waals surface area (Å²) in [6.45, 7) is 7.44. The van der Waals surface area contributed by atoms with Gasteiger partial charge in [0.2, 0.25) is 0 Å². The number of phenols is 2. The Morgan fingerprint density at radius 2 is 0.453 bits per heavy atom. The predicted molar refractivity (Wildman–Crippen MR) is 319 cm³/mol. The van der Waals surface area contributed by atoms with Crippen LogP contribution in [0.25, 0.3) is 32.7 Å². The summed E-state index contributed by atoms with van der Waals surface area (Å²) in [7, 11) is -6.48. The Labute approximate surface area is 458 Å². The minimum atomic E-state index is -3.24. The first kappa shape index (κ1) is 51.5. The average Bonchev–Trinajstić information content (AvgIpc) is 3.47. The van der Waals surface area contributed by atoms with Crippen LogP contribution in [0, 0.1) is 13.8 Å². The number of phenolic OH excluding ortho intramolecular Hbond substituents is 2. The topological polar surface area (TPSA) is 40.5 Å². The molecule has 0 radical (unpaired) electrons. The molecule has 5 heteroatoms. The molecule has 360 valence electrons. The molecule has 0 unspecified atom stereocenters. The van der Waals surface area contributed by atoms with Gasteiger partial charge in [0.25, 0.3) is 0 Å². The van der Waals surface area contributed by atoms with E-state index in [9.17, 15) is 10.2 Å². The molecule has 2 nitrogen and oxygen atoms in total. The molecule has 0 amide bonds. The maximum atomic E-state index is 13.6. The van der Waals surface area contributed by atoms with Gasteiger partial charge >= 0.3 is 21.7 Å². The van der Waals surface area contributed by atoms with E-state index in [4.69, 9.17) is 0 Å². The molecule has 2 N–H and O–H groups in total. The molecule has 12 rings (SSSR count). The van der Waals surface area contributed by atoms with E-state index in [1.54, 1.807) is 0 Å². The Bertz CT molecular complexity index is 3290. The van der Waals surface area contributed by atoms with Crippen molar-refractivity contribution < 1.29 is 31.9 Å². The van der Waals surface area contributed by atoms with Crippen LogP contribution in [0.2, 0.25) is 0 Å². The van der Waals surface area contributed by atoms with Crippen molar-refractivity contribution in [1.82, 2.24) is 0 Å². The SMILES string of the molecule is Oc1c([Si](c2ccccc2)(c2ccccc2)c2ccccc2)cc2ccccc2c1-c1c(O)c([Si](c2ccccc2)(c2ccccc2)c2ccccc2)cc2ccccc12.[CH2-]c1ccccc1.[CH2-]c1ccccc1.[Ti+2]. The van der Waals surface area contributed by atoms with E-state index >= 15 is 0 Å². The zero-order valence-electron chi connectivity index (χ0n) is 41.7. The molecular weight excluding hydrogens is 977 g/mol. The predicted octanol–water partition coefficient (Wildman–Crippen LogP) is 11.6. The van der Waals surface area contributed by atoms with Crippen molar-refractivity contribution >= 4 is 79.2 Å². The Kier molecular flexibility index (Phi) is 16.3. The molecule has 0 bridgehead atoms. The van der Waals surface area contributed by atoms with Gasteiger partial charge < -0.3 is 10.2 Å². The van der Waals surface area contributed by atoms with Crippen LogP contribution < -0.4 is 41.5 Å². The smallest absolute Gasteiger partial charge is 0.507 e. The van der Waals surface area contributed by atoms with Crippen LogP contribution in [0.15, 0.2) is 303 Å². The van der Waals surface area contributed by atoms with Crippen LogP contribution in [0.5, 0.6) is 11.5 Å². The van der Waals surface area contributed by atoms with E-state index in [0.717, 1.165) is 74.2 Å². The molecule has 0 aliphatic heterocycles. The van der Waals surface area contributed by atoms with Crippen LogP contribution in [-0.4, -0.2) is 26.4 Å². The Morgan fingerprint density at radius 1 is 0.253 bits per heavy atom. The third-order valence-corrected chi connectivity index (χ3v) is 23.6. The van der Waals surface area contributed by atoms with E-state index < -0.39 is 16.1 Å². The first-order valence-electron chi connectivity index (χ1n) is 25.0. The summed E-state index contributed by atoms with van der Waals surface area (Å²) in [6.07, 6.45) is 0. The molecule has 0 aliphatic rings. The Morgan fingerprint density at radius 3 is 0.667 bits per heavy atom. The number of rotatable bonds is 9. The third kappa shape index (κ3) is 10.2. The zero-order valence-corrected chi connectivity index (χ0v) is 45.2. The summed E-state index contributed by atoms with van der Waals surface area (Å²) in [5, 5.41) is 39.7. The van der Waals surface area contributed by atoms with Gasteiger partial charge in [-0.3, -0.25) is 0 Å². The maximum absolute atomic E-state index is 13.6. The second-order valence-corrected chi connectivity index (χ2v) is 25.9. The molecule has 75 heavy (non-hydrogen) atoms. The number of hydrogen-bond donors (Lipinski definition) is 2. The molecule has 0 saturated heterocycles. The molecular formula is C70H56O2Si2Ti. The van der Waals surface area contributed by atoms with Crippen LogP contribution in [0.4, 0.5) is 0 Å². The van der Waals surface area contributed by atoms with Crippen molar-refractivity contribution in [3.05, 3.63) is 328 Å². The van der Waals surface area contributed by atoms with Gasteiger partial charge in [-0.2, -0.15) is 49.2 Å². The number of hydrogen-bond acceptors (Lipinski definition) is 2. The summed E-state index contributed by atoms with van der Waals surface area (Å²) in [6, 6.07) is 105. The number of aromatic hydroxyl groups is 2. The van der Waals surface area contributed by atoms with Crippen molar-refractivity contribution in [2.24, 2.45) is 0 Å². The molecule has 0 atom stereocenters. The van der Waals surface area contributed by atoms with Crippen molar-refractivity contribution in [2.45, 2.75) is 0 Å². The van der Waals surface area contributed by atoms with Crippen LogP contribution >= 0.6 is 0 Å². The summed E-state index contributed by atoms with van der Waals surface area (Å²) in [5.74, 6) is 0.363. The van der Waals surface area contributed by atoms with Gasteiger partial charge in [-0.15, -0.1) is 24.3 Å². The standard InChI is InChI=1S/C56H42O2Si2.2C7H7.Ti/c57-55-51(59(43-25-7-1-8-26-43,44-27-9-2-10-28-44)45-29-11-3-12-30-45)39-41-23-19-21-37-49(41)53(55)54-50-38-22-20-24-42(50)40-52(56(54)58)60(46-31-13-4-14-32-46,47-33-15-5-16-34-47)48-35-17-6-18-36-48;2*1-7-5-3-2-4-6-7;/h1-40,57-58H;2*2-6H,1H2;/q;2*-1;+2. The molecule has 0 aromatic heterocycles. The first-order valence-corrected chi connectivity index (χ1v) is 29.0. The van der Waals surface area contributed by atoms with Gasteiger partial charge in [0, 0.05) is 11.1 Å². The van der Waals surface area contributed by atoms with E-state index in [-0.39, 0.29) is 33.2 Å². The normalized spacial score (nSPS) is 11.0. The van der Waals surface area contributed by atoms with Crippen LogP contribution in [0.3, 0.4) is 0 Å². The zero-order chi connectivity index (χ0) is 50.7. The Hall–Kier alpha value is -8.35. The van der Waals surface area contributed by atoms with Crippen molar-refractivity contribution in [3.8, 4) is 22.6 Å². The van der Waals surface area contributed by atoms with Gasteiger partial charge in [0.1, 0.15) is 11.5 Å². The van der Waals surface area contributed by atoms with Gasteiger partial charge in [0.15, 0.2) is 16.1 Å². The quantitative estimate of drug-likeness (QED) is 0.0859. The van der Waals surface area contributed by atoms with Crippen LogP contribution in [-0.2, 0) is 21.7 Å². The molecule has 0 fully saturated rings. The third-order valence-electron chi connectivity index (χ3n) is 14.0. The molecule has 0 aliphatic carbocycles. The van der Waals surface area contributed by atoms with Crippen molar-refractivity contribution in [2.75, 3.05) is 0 Å². The first-order chi connectivity index (χ1) is 36.4. The van der Waals surface area contributed by atoms with Crippen molar-refractivity contribution in [3.63, 3.8) is 0 Å². The summed E-state index contributed by atoms with van der Waals surface area (Å²) < 4.78 is 0. The molecule has 12 aromatic carbocycles. The monoisotopic (exact) mass is 1030 g/mol. The fourth-order valence-electron chi connectivity index (χ4n) is 10.8. The Balaban J connectivity index is 0.000000399. The molecule has 0 spiro atoms. The number of benzene rings is 12. The molecule has 0 heterocycles. The minimum absolute atomic E-state index is 0. The van der Waals surface area contributed by atoms with Crippen LogP contribution in [0.1, 0.15) is 11.1 Å². The van der Waals surface area contributed by atoms with Gasteiger partial charge in [0.05, 0.1) is 0 Å². The fraction of sp³-hybridized carbons (Fsp3) is 0. The maximum Gasteiger partial charge on any atom is 2.00 e. The van der Waals surface area contributed by atoms with Gasteiger partial charge in [-0.25, -0.2) is 0 Å². The second kappa shape index (κ2) is 23.7. The van der Waals surface area contributed by atoms with Gasteiger partial charge in [-0.1, -0.05) is 255 Å². The van der Waals surface area contributed by atoms with E-state index in [2.05, 4.69) is 244 Å². The van der Waals surface area contributed by atoms with Crippen molar-refractivity contribution in [1.29, 1.82) is 0 Å². The summed E-state index contributed by atoms with van der Waals surface area (Å²) in [5.41, 5.74) is 3.41. The minimum Gasteiger partial charge on any atom is -0.507 e. The second-order valence-electron chi connectivity index (χ2n) is 18.4.